The summed E-state index contributed by atoms with van der Waals surface area (Å²) in [6, 6.07) is 8.06. The zero-order valence-corrected chi connectivity index (χ0v) is 12.8. The van der Waals surface area contributed by atoms with Crippen LogP contribution in [0.15, 0.2) is 36.7 Å². The third-order valence-corrected chi connectivity index (χ3v) is 4.11. The molecule has 1 atom stereocenters. The number of aryl methyl sites for hydroxylation is 2. The number of fused-ring (bicyclic) bond motifs is 1. The molecular weight excluding hydrogens is 278 g/mol. The lowest BCUT2D eigenvalue weighted by Crippen LogP contribution is -2.40. The van der Waals surface area contributed by atoms with Crippen molar-refractivity contribution in [1.29, 1.82) is 0 Å². The predicted molar refractivity (Wildman–Crippen MR) is 83.8 cm³/mol. The third kappa shape index (κ3) is 3.47. The van der Waals surface area contributed by atoms with Gasteiger partial charge in [-0.05, 0) is 30.5 Å². The van der Waals surface area contributed by atoms with Gasteiger partial charge in [0.1, 0.15) is 11.6 Å². The number of carbonyl (C=O) groups is 1. The Balaban J connectivity index is 1.46. The van der Waals surface area contributed by atoms with Crippen LogP contribution in [-0.4, -0.2) is 28.6 Å². The average Bonchev–Trinajstić information content (AvgIpc) is 3.01. The van der Waals surface area contributed by atoms with E-state index in [1.54, 1.807) is 7.11 Å². The Morgan fingerprint density at radius 3 is 3.00 bits per heavy atom. The Bertz CT molecular complexity index is 634. The van der Waals surface area contributed by atoms with Gasteiger partial charge in [0.2, 0.25) is 5.91 Å². The van der Waals surface area contributed by atoms with E-state index in [0.717, 1.165) is 42.9 Å². The molecule has 0 spiro atoms. The van der Waals surface area contributed by atoms with Gasteiger partial charge in [-0.15, -0.1) is 0 Å². The van der Waals surface area contributed by atoms with Gasteiger partial charge in [-0.25, -0.2) is 4.98 Å². The first-order valence-corrected chi connectivity index (χ1v) is 7.67. The topological polar surface area (TPSA) is 56.1 Å². The van der Waals surface area contributed by atoms with Gasteiger partial charge in [0.25, 0.3) is 0 Å². The van der Waals surface area contributed by atoms with Crippen molar-refractivity contribution in [3.8, 4) is 5.75 Å². The van der Waals surface area contributed by atoms with E-state index in [9.17, 15) is 4.79 Å². The average molecular weight is 299 g/mol. The van der Waals surface area contributed by atoms with E-state index >= 15 is 0 Å². The molecule has 2 aromatic rings. The standard InChI is InChI=1S/C17H21N3O2/c1-22-15-5-2-13(3-6-15)4-7-17(21)19-14-8-10-20-11-9-18-16(20)12-14/h2-3,5-6,9,11,14H,4,7-8,10,12H2,1H3,(H,19,21). The molecule has 1 aliphatic rings. The van der Waals surface area contributed by atoms with Crippen LogP contribution in [0.5, 0.6) is 5.75 Å². The molecule has 2 heterocycles. The highest BCUT2D eigenvalue weighted by Crippen LogP contribution is 2.14. The number of rotatable bonds is 5. The maximum Gasteiger partial charge on any atom is 0.220 e. The molecule has 5 heteroatoms. The number of nitrogens with one attached hydrogen (secondary N) is 1. The molecule has 0 fully saturated rings. The molecule has 0 radical (unpaired) electrons. The highest BCUT2D eigenvalue weighted by atomic mass is 16.5. The third-order valence-electron chi connectivity index (χ3n) is 4.11. The number of aromatic nitrogens is 2. The van der Waals surface area contributed by atoms with Crippen LogP contribution in [0.25, 0.3) is 0 Å². The Hall–Kier alpha value is -2.30. The maximum atomic E-state index is 12.1. The van der Waals surface area contributed by atoms with Gasteiger partial charge in [-0.1, -0.05) is 12.1 Å². The summed E-state index contributed by atoms with van der Waals surface area (Å²) in [5.41, 5.74) is 1.15. The first kappa shape index (κ1) is 14.6. The molecule has 22 heavy (non-hydrogen) atoms. The summed E-state index contributed by atoms with van der Waals surface area (Å²) in [7, 11) is 1.65. The minimum absolute atomic E-state index is 0.112. The van der Waals surface area contributed by atoms with Gasteiger partial charge in [-0.2, -0.15) is 0 Å². The van der Waals surface area contributed by atoms with Gasteiger partial charge in [0.05, 0.1) is 7.11 Å². The molecule has 5 nitrogen and oxygen atoms in total. The molecule has 1 aromatic carbocycles. The van der Waals surface area contributed by atoms with Crippen LogP contribution >= 0.6 is 0 Å². The molecule has 1 aromatic heterocycles. The molecular formula is C17H21N3O2. The number of carbonyl (C=O) groups excluding carboxylic acids is 1. The minimum atomic E-state index is 0.112. The van der Waals surface area contributed by atoms with Crippen LogP contribution in [0.1, 0.15) is 24.2 Å². The highest BCUT2D eigenvalue weighted by molar-refractivity contribution is 5.76. The van der Waals surface area contributed by atoms with Crippen molar-refractivity contribution in [2.45, 2.75) is 38.3 Å². The van der Waals surface area contributed by atoms with Crippen LogP contribution in [0, 0.1) is 0 Å². The van der Waals surface area contributed by atoms with Gasteiger partial charge in [0.15, 0.2) is 0 Å². The first-order chi connectivity index (χ1) is 10.7. The second-order valence-electron chi connectivity index (χ2n) is 5.64. The number of ether oxygens (including phenoxy) is 1. The van der Waals surface area contributed by atoms with Crippen LogP contribution in [-0.2, 0) is 24.2 Å². The van der Waals surface area contributed by atoms with Crippen molar-refractivity contribution < 1.29 is 9.53 Å². The quantitative estimate of drug-likeness (QED) is 0.918. The van der Waals surface area contributed by atoms with Crippen molar-refractivity contribution in [1.82, 2.24) is 14.9 Å². The Morgan fingerprint density at radius 1 is 1.41 bits per heavy atom. The van der Waals surface area contributed by atoms with Crippen LogP contribution in [0.2, 0.25) is 0 Å². The zero-order chi connectivity index (χ0) is 15.4. The van der Waals surface area contributed by atoms with Crippen molar-refractivity contribution in [3.63, 3.8) is 0 Å². The molecule has 1 N–H and O–H groups in total. The lowest BCUT2D eigenvalue weighted by Gasteiger charge is -2.24. The van der Waals surface area contributed by atoms with E-state index in [1.807, 2.05) is 36.7 Å². The number of hydrogen-bond donors (Lipinski definition) is 1. The Kier molecular flexibility index (Phi) is 4.42. The summed E-state index contributed by atoms with van der Waals surface area (Å²) in [6.45, 7) is 0.929. The summed E-state index contributed by atoms with van der Waals surface area (Å²) in [4.78, 5) is 16.4. The fourth-order valence-corrected chi connectivity index (χ4v) is 2.82. The van der Waals surface area contributed by atoms with Crippen molar-refractivity contribution in [2.75, 3.05) is 7.11 Å². The first-order valence-electron chi connectivity index (χ1n) is 7.67. The zero-order valence-electron chi connectivity index (χ0n) is 12.8. The van der Waals surface area contributed by atoms with Gasteiger partial charge < -0.3 is 14.6 Å². The number of nitrogens with zero attached hydrogens (tertiary/aromatic N) is 2. The van der Waals surface area contributed by atoms with Crippen LogP contribution in [0.3, 0.4) is 0 Å². The largest absolute Gasteiger partial charge is 0.497 e. The number of methoxy groups -OCH3 is 1. The van der Waals surface area contributed by atoms with E-state index < -0.39 is 0 Å². The predicted octanol–water partition coefficient (Wildman–Crippen LogP) is 1.96. The van der Waals surface area contributed by atoms with E-state index in [4.69, 9.17) is 4.74 Å². The van der Waals surface area contributed by atoms with Crippen molar-refractivity contribution in [2.24, 2.45) is 0 Å². The van der Waals surface area contributed by atoms with Crippen LogP contribution < -0.4 is 10.1 Å². The second kappa shape index (κ2) is 6.64. The normalized spacial score (nSPS) is 16.9. The SMILES string of the molecule is COc1ccc(CCC(=O)NC2CCn3ccnc3C2)cc1. The molecule has 116 valence electrons. The molecule has 0 aliphatic carbocycles. The van der Waals surface area contributed by atoms with Crippen molar-refractivity contribution >= 4 is 5.91 Å². The number of hydrogen-bond acceptors (Lipinski definition) is 3. The summed E-state index contributed by atoms with van der Waals surface area (Å²) < 4.78 is 7.28. The summed E-state index contributed by atoms with van der Waals surface area (Å²) in [5, 5.41) is 3.13. The molecule has 0 saturated heterocycles. The van der Waals surface area contributed by atoms with Gasteiger partial charge in [0, 0.05) is 37.8 Å². The molecule has 0 bridgehead atoms. The Labute approximate surface area is 130 Å². The number of amides is 1. The van der Waals surface area contributed by atoms with E-state index in [0.29, 0.717) is 6.42 Å². The van der Waals surface area contributed by atoms with Crippen molar-refractivity contribution in [3.05, 3.63) is 48.0 Å². The lowest BCUT2D eigenvalue weighted by molar-refractivity contribution is -0.121. The summed E-state index contributed by atoms with van der Waals surface area (Å²) >= 11 is 0. The molecule has 0 saturated carbocycles. The molecule has 1 amide bonds. The van der Waals surface area contributed by atoms with E-state index in [-0.39, 0.29) is 11.9 Å². The fourth-order valence-electron chi connectivity index (χ4n) is 2.82. The van der Waals surface area contributed by atoms with Gasteiger partial charge in [-0.3, -0.25) is 4.79 Å². The number of imidazole rings is 1. The summed E-state index contributed by atoms with van der Waals surface area (Å²) in [5.74, 6) is 2.01. The van der Waals surface area contributed by atoms with E-state index in [2.05, 4.69) is 14.9 Å². The molecule has 1 unspecified atom stereocenters. The summed E-state index contributed by atoms with van der Waals surface area (Å²) in [6.07, 6.45) is 6.87. The smallest absolute Gasteiger partial charge is 0.220 e. The van der Waals surface area contributed by atoms with E-state index in [1.165, 1.54) is 0 Å². The monoisotopic (exact) mass is 299 g/mol. The molecule has 1 aliphatic heterocycles. The Morgan fingerprint density at radius 2 is 2.23 bits per heavy atom. The minimum Gasteiger partial charge on any atom is -0.497 e. The van der Waals surface area contributed by atoms with Crippen LogP contribution in [0.4, 0.5) is 0 Å². The lowest BCUT2D eigenvalue weighted by atomic mass is 10.1. The molecule has 3 rings (SSSR count). The van der Waals surface area contributed by atoms with Gasteiger partial charge >= 0.3 is 0 Å². The number of benzene rings is 1. The maximum absolute atomic E-state index is 12.1. The fraction of sp³-hybridized carbons (Fsp3) is 0.412. The second-order valence-corrected chi connectivity index (χ2v) is 5.64. The highest BCUT2D eigenvalue weighted by Gasteiger charge is 2.20.